The van der Waals surface area contributed by atoms with Crippen LogP contribution in [0.25, 0.3) is 0 Å². The number of rotatable bonds is 1. The maximum absolute atomic E-state index is 11.1. The van der Waals surface area contributed by atoms with Crippen LogP contribution < -0.4 is 0 Å². The molecule has 7 heteroatoms. The number of nitrogens with zero attached hydrogens (tertiary/aromatic N) is 1. The molecule has 1 rings (SSSR count). The maximum atomic E-state index is 11.1. The van der Waals surface area contributed by atoms with Gasteiger partial charge in [-0.05, 0) is 12.1 Å². The van der Waals surface area contributed by atoms with Crippen molar-refractivity contribution in [2.24, 2.45) is 0 Å². The van der Waals surface area contributed by atoms with Gasteiger partial charge in [0.25, 0.3) is 9.05 Å². The summed E-state index contributed by atoms with van der Waals surface area (Å²) in [5, 5.41) is 8.42. The quantitative estimate of drug-likeness (QED) is 0.737. The summed E-state index contributed by atoms with van der Waals surface area (Å²) in [5.41, 5.74) is -0.130. The highest BCUT2D eigenvalue weighted by atomic mass is 35.7. The zero-order chi connectivity index (χ0) is 10.9. The first-order valence-corrected chi connectivity index (χ1v) is 6.27. The SMILES string of the molecule is N#Cc1ccc(Cl)c(Cl)c1S(=O)(=O)Cl. The molecule has 3 nitrogen and oxygen atoms in total. The largest absolute Gasteiger partial charge is 0.264 e. The molecule has 1 aromatic carbocycles. The molecule has 0 N–H and O–H groups in total. The van der Waals surface area contributed by atoms with Crippen LogP contribution in [0.15, 0.2) is 17.0 Å². The molecule has 0 fully saturated rings. The van der Waals surface area contributed by atoms with E-state index in [2.05, 4.69) is 0 Å². The second kappa shape index (κ2) is 3.95. The molecule has 0 saturated heterocycles. The van der Waals surface area contributed by atoms with Gasteiger partial charge in [0.05, 0.1) is 15.6 Å². The van der Waals surface area contributed by atoms with Crippen molar-refractivity contribution in [2.45, 2.75) is 4.90 Å². The third-order valence-corrected chi connectivity index (χ3v) is 3.71. The number of halogens is 3. The van der Waals surface area contributed by atoms with Gasteiger partial charge in [-0.15, -0.1) is 0 Å². The van der Waals surface area contributed by atoms with Crippen molar-refractivity contribution in [3.63, 3.8) is 0 Å². The Kier molecular flexibility index (Phi) is 3.28. The Morgan fingerprint density at radius 2 is 1.86 bits per heavy atom. The smallest absolute Gasteiger partial charge is 0.207 e. The summed E-state index contributed by atoms with van der Waals surface area (Å²) in [6, 6.07) is 4.23. The van der Waals surface area contributed by atoms with Crippen LogP contribution in [0.4, 0.5) is 0 Å². The number of hydrogen-bond acceptors (Lipinski definition) is 3. The molecule has 0 radical (unpaired) electrons. The zero-order valence-corrected chi connectivity index (χ0v) is 9.54. The first kappa shape index (κ1) is 11.6. The Labute approximate surface area is 95.2 Å². The Hall–Kier alpha value is -0.470. The van der Waals surface area contributed by atoms with Gasteiger partial charge in [0.1, 0.15) is 11.0 Å². The van der Waals surface area contributed by atoms with Gasteiger partial charge in [-0.3, -0.25) is 0 Å². The van der Waals surface area contributed by atoms with Crippen molar-refractivity contribution in [1.29, 1.82) is 5.26 Å². The minimum absolute atomic E-state index is 0.0323. The molecule has 0 aromatic heterocycles. The van der Waals surface area contributed by atoms with Crippen LogP contribution in [0.3, 0.4) is 0 Å². The van der Waals surface area contributed by atoms with Crippen LogP contribution in [-0.2, 0) is 9.05 Å². The van der Waals surface area contributed by atoms with Gasteiger partial charge in [0.15, 0.2) is 0 Å². The minimum Gasteiger partial charge on any atom is -0.207 e. The van der Waals surface area contributed by atoms with Crippen molar-refractivity contribution in [3.05, 3.63) is 27.7 Å². The van der Waals surface area contributed by atoms with Crippen molar-refractivity contribution >= 4 is 42.9 Å². The second-order valence-electron chi connectivity index (χ2n) is 2.29. The molecule has 0 spiro atoms. The molecular weight excluding hydrogens is 269 g/mol. The van der Waals surface area contributed by atoms with E-state index < -0.39 is 13.9 Å². The standard InChI is InChI=1S/C7H2Cl3NO2S/c8-5-2-1-4(3-11)7(6(5)9)14(10,12)13/h1-2H. The molecule has 0 aliphatic rings. The van der Waals surface area contributed by atoms with Crippen molar-refractivity contribution in [3.8, 4) is 6.07 Å². The van der Waals surface area contributed by atoms with Crippen molar-refractivity contribution < 1.29 is 8.42 Å². The van der Waals surface area contributed by atoms with E-state index in [1.54, 1.807) is 6.07 Å². The van der Waals surface area contributed by atoms with Crippen molar-refractivity contribution in [2.75, 3.05) is 0 Å². The van der Waals surface area contributed by atoms with Crippen molar-refractivity contribution in [1.82, 2.24) is 0 Å². The van der Waals surface area contributed by atoms with Gasteiger partial charge in [0, 0.05) is 10.7 Å². The predicted octanol–water partition coefficient (Wildman–Crippen LogP) is 2.79. The molecule has 0 saturated carbocycles. The lowest BCUT2D eigenvalue weighted by atomic mass is 10.2. The van der Waals surface area contributed by atoms with E-state index in [0.717, 1.165) is 0 Å². The fourth-order valence-corrected chi connectivity index (χ4v) is 2.84. The number of nitriles is 1. The Balaban J connectivity index is 3.72. The highest BCUT2D eigenvalue weighted by molar-refractivity contribution is 8.13. The molecule has 0 unspecified atom stereocenters. The van der Waals surface area contributed by atoms with Crippen LogP contribution in [0.5, 0.6) is 0 Å². The third-order valence-electron chi connectivity index (χ3n) is 1.41. The zero-order valence-electron chi connectivity index (χ0n) is 6.46. The van der Waals surface area contributed by atoms with Gasteiger partial charge < -0.3 is 0 Å². The Morgan fingerprint density at radius 1 is 1.29 bits per heavy atom. The highest BCUT2D eigenvalue weighted by Crippen LogP contribution is 2.33. The van der Waals surface area contributed by atoms with E-state index in [9.17, 15) is 8.42 Å². The fourth-order valence-electron chi connectivity index (χ4n) is 0.858. The van der Waals surface area contributed by atoms with Crippen LogP contribution in [0.2, 0.25) is 10.0 Å². The molecule has 0 bridgehead atoms. The van der Waals surface area contributed by atoms with Crippen LogP contribution in [0.1, 0.15) is 5.56 Å². The fraction of sp³-hybridized carbons (Fsp3) is 0. The normalized spacial score (nSPS) is 11.0. The van der Waals surface area contributed by atoms with Crippen LogP contribution in [0, 0.1) is 11.3 Å². The molecule has 0 amide bonds. The third kappa shape index (κ3) is 2.12. The van der Waals surface area contributed by atoms with Gasteiger partial charge in [-0.1, -0.05) is 23.2 Å². The van der Waals surface area contributed by atoms with E-state index in [-0.39, 0.29) is 15.6 Å². The molecule has 1 aromatic rings. The summed E-state index contributed by atoms with van der Waals surface area (Å²) in [7, 11) is 1.03. The van der Waals surface area contributed by atoms with Gasteiger partial charge in [-0.2, -0.15) is 5.26 Å². The number of hydrogen-bond donors (Lipinski definition) is 0. The van der Waals surface area contributed by atoms with Crippen LogP contribution in [-0.4, -0.2) is 8.42 Å². The summed E-state index contributed by atoms with van der Waals surface area (Å²) >= 11 is 11.2. The molecule has 14 heavy (non-hydrogen) atoms. The molecule has 0 aliphatic carbocycles. The van der Waals surface area contributed by atoms with Gasteiger partial charge in [-0.25, -0.2) is 8.42 Å². The molecule has 74 valence electrons. The predicted molar refractivity (Wildman–Crippen MR) is 54.2 cm³/mol. The van der Waals surface area contributed by atoms with E-state index in [4.69, 9.17) is 39.1 Å². The van der Waals surface area contributed by atoms with E-state index in [0.29, 0.717) is 0 Å². The Bertz CT molecular complexity index is 518. The monoisotopic (exact) mass is 269 g/mol. The average Bonchev–Trinajstić information content (AvgIpc) is 2.07. The van der Waals surface area contributed by atoms with Crippen LogP contribution >= 0.6 is 33.9 Å². The summed E-state index contributed by atoms with van der Waals surface area (Å²) in [6.07, 6.45) is 0. The maximum Gasteiger partial charge on any atom is 0.264 e. The van der Waals surface area contributed by atoms with E-state index in [1.165, 1.54) is 12.1 Å². The Morgan fingerprint density at radius 3 is 2.29 bits per heavy atom. The lowest BCUT2D eigenvalue weighted by Gasteiger charge is -2.03. The second-order valence-corrected chi connectivity index (χ2v) is 5.58. The van der Waals surface area contributed by atoms with Gasteiger partial charge in [0.2, 0.25) is 0 Å². The lowest BCUT2D eigenvalue weighted by Crippen LogP contribution is -1.96. The first-order chi connectivity index (χ1) is 6.38. The average molecular weight is 271 g/mol. The molecular formula is C7H2Cl3NO2S. The molecule has 0 heterocycles. The molecule has 0 aliphatic heterocycles. The lowest BCUT2D eigenvalue weighted by molar-refractivity contribution is 0.609. The topological polar surface area (TPSA) is 57.9 Å². The molecule has 0 atom stereocenters. The summed E-state index contributed by atoms with van der Waals surface area (Å²) < 4.78 is 22.1. The minimum atomic E-state index is -4.07. The van der Waals surface area contributed by atoms with E-state index in [1.807, 2.05) is 0 Å². The van der Waals surface area contributed by atoms with E-state index >= 15 is 0 Å². The summed E-state index contributed by atoms with van der Waals surface area (Å²) in [6.45, 7) is 0. The summed E-state index contributed by atoms with van der Waals surface area (Å²) in [4.78, 5) is -0.448. The first-order valence-electron chi connectivity index (χ1n) is 3.20. The highest BCUT2D eigenvalue weighted by Gasteiger charge is 2.21. The van der Waals surface area contributed by atoms with Gasteiger partial charge >= 0.3 is 0 Å². The summed E-state index contributed by atoms with van der Waals surface area (Å²) in [5.74, 6) is 0. The number of benzene rings is 1.